The van der Waals surface area contributed by atoms with Gasteiger partial charge in [0, 0.05) is 29.5 Å². The average molecular weight is 368 g/mol. The summed E-state index contributed by atoms with van der Waals surface area (Å²) in [5, 5.41) is 23.9. The van der Waals surface area contributed by atoms with Gasteiger partial charge in [-0.2, -0.15) is 10.6 Å². The van der Waals surface area contributed by atoms with Crippen LogP contribution in [0.1, 0.15) is 39.3 Å². The summed E-state index contributed by atoms with van der Waals surface area (Å²) in [6.07, 6.45) is 0. The topological polar surface area (TPSA) is 124 Å². The van der Waals surface area contributed by atoms with Crippen molar-refractivity contribution in [2.75, 3.05) is 12.4 Å². The molecule has 0 spiro atoms. The van der Waals surface area contributed by atoms with Gasteiger partial charge in [0.2, 0.25) is 5.96 Å². The standard InChI is InChI=1S/C18H24N8O/c1-9(2)16-13-8-12(6-7-14(13)22-23-16)21-17(27)15-10(3)25(5)18(19)26(24-20)11(15)4/h6-9,11,19-20H,1-5H3,(H,21,27)(H,22,23)/t11-/m1/s1. The van der Waals surface area contributed by atoms with E-state index in [1.165, 1.54) is 5.01 Å². The molecule has 9 nitrogen and oxygen atoms in total. The average Bonchev–Trinajstić information content (AvgIpc) is 3.04. The molecular formula is C18H24N8O. The molecule has 1 aliphatic heterocycles. The number of aromatic amines is 1. The number of allylic oxidation sites excluding steroid dienone is 1. The number of benzene rings is 1. The summed E-state index contributed by atoms with van der Waals surface area (Å²) in [5.41, 5.74) is 11.0. The van der Waals surface area contributed by atoms with Gasteiger partial charge in [-0.05, 0) is 38.0 Å². The number of anilines is 1. The molecule has 4 N–H and O–H groups in total. The van der Waals surface area contributed by atoms with Crippen molar-refractivity contribution in [3.8, 4) is 0 Å². The smallest absolute Gasteiger partial charge is 0.255 e. The van der Waals surface area contributed by atoms with Gasteiger partial charge >= 0.3 is 0 Å². The molecule has 1 atom stereocenters. The number of H-pyrrole nitrogens is 1. The van der Waals surface area contributed by atoms with E-state index < -0.39 is 6.04 Å². The normalized spacial score (nSPS) is 17.9. The lowest BCUT2D eigenvalue weighted by Crippen LogP contribution is -2.50. The van der Waals surface area contributed by atoms with E-state index in [9.17, 15) is 4.79 Å². The second kappa shape index (κ2) is 6.82. The Morgan fingerprint density at radius 1 is 1.41 bits per heavy atom. The molecule has 0 bridgehead atoms. The lowest BCUT2D eigenvalue weighted by Gasteiger charge is -2.38. The Labute approximate surface area is 157 Å². The molecule has 1 aromatic carbocycles. The van der Waals surface area contributed by atoms with Crippen molar-refractivity contribution < 1.29 is 4.79 Å². The predicted octanol–water partition coefficient (Wildman–Crippen LogP) is 3.42. The lowest BCUT2D eigenvalue weighted by atomic mass is 10.0. The van der Waals surface area contributed by atoms with Crippen molar-refractivity contribution in [1.29, 1.82) is 10.9 Å². The number of carbonyl (C=O) groups is 1. The minimum Gasteiger partial charge on any atom is -0.322 e. The Morgan fingerprint density at radius 2 is 2.11 bits per heavy atom. The predicted molar refractivity (Wildman–Crippen MR) is 103 cm³/mol. The number of hydrogen-bond donors (Lipinski definition) is 4. The van der Waals surface area contributed by atoms with Crippen molar-refractivity contribution in [1.82, 2.24) is 20.1 Å². The van der Waals surface area contributed by atoms with Gasteiger partial charge in [-0.15, -0.1) is 0 Å². The Hall–Kier alpha value is -3.23. The molecule has 0 saturated carbocycles. The van der Waals surface area contributed by atoms with Crippen molar-refractivity contribution in [2.45, 2.75) is 39.7 Å². The molecule has 0 radical (unpaired) electrons. The molecule has 142 valence electrons. The fraction of sp³-hybridized carbons (Fsp3) is 0.389. The third kappa shape index (κ3) is 3.05. The minimum absolute atomic E-state index is 0.0629. The molecule has 1 aliphatic rings. The number of amides is 1. The van der Waals surface area contributed by atoms with Crippen LogP contribution in [0.15, 0.2) is 34.7 Å². The molecule has 2 aromatic rings. The summed E-state index contributed by atoms with van der Waals surface area (Å²) in [5.74, 6) is 0.0750. The summed E-state index contributed by atoms with van der Waals surface area (Å²) < 4.78 is 0. The highest BCUT2D eigenvalue weighted by molar-refractivity contribution is 6.07. The van der Waals surface area contributed by atoms with Gasteiger partial charge < -0.3 is 10.2 Å². The van der Waals surface area contributed by atoms with Crippen molar-refractivity contribution in [3.63, 3.8) is 0 Å². The molecule has 3 rings (SSSR count). The van der Waals surface area contributed by atoms with Crippen LogP contribution in [-0.4, -0.2) is 45.1 Å². The van der Waals surface area contributed by atoms with E-state index in [1.54, 1.807) is 25.8 Å². The maximum atomic E-state index is 13.0. The van der Waals surface area contributed by atoms with Crippen LogP contribution < -0.4 is 5.32 Å². The van der Waals surface area contributed by atoms with E-state index in [2.05, 4.69) is 34.6 Å². The maximum absolute atomic E-state index is 13.0. The largest absolute Gasteiger partial charge is 0.322 e. The zero-order valence-electron chi connectivity index (χ0n) is 16.1. The van der Waals surface area contributed by atoms with E-state index in [0.717, 1.165) is 16.6 Å². The van der Waals surface area contributed by atoms with Crippen LogP contribution in [0.25, 0.3) is 10.9 Å². The minimum atomic E-state index is -0.505. The molecule has 2 heterocycles. The van der Waals surface area contributed by atoms with E-state index in [4.69, 9.17) is 10.9 Å². The van der Waals surface area contributed by atoms with Crippen molar-refractivity contribution in [2.24, 2.45) is 5.22 Å². The molecule has 9 heteroatoms. The highest BCUT2D eigenvalue weighted by atomic mass is 16.1. The van der Waals surface area contributed by atoms with Crippen LogP contribution in [0, 0.1) is 10.9 Å². The number of carbonyl (C=O) groups excluding carboxylic acids is 1. The molecule has 0 saturated heterocycles. The SMILES string of the molecule is CC1=C(C(=O)Nc2ccc3n[nH]c(C(C)C)c3c2)[C@@H](C)N(N=N)C(=N)N1C. The lowest BCUT2D eigenvalue weighted by molar-refractivity contribution is -0.113. The van der Waals surface area contributed by atoms with E-state index in [1.807, 2.05) is 18.2 Å². The van der Waals surface area contributed by atoms with Crippen LogP contribution in [-0.2, 0) is 4.79 Å². The van der Waals surface area contributed by atoms with E-state index >= 15 is 0 Å². The Kier molecular flexibility index (Phi) is 4.69. The van der Waals surface area contributed by atoms with Gasteiger partial charge in [-0.25, -0.2) is 5.01 Å². The van der Waals surface area contributed by atoms with Crippen LogP contribution >= 0.6 is 0 Å². The van der Waals surface area contributed by atoms with Gasteiger partial charge in [-0.1, -0.05) is 19.1 Å². The number of aromatic nitrogens is 2. The Balaban J connectivity index is 1.94. The first kappa shape index (κ1) is 18.6. The quantitative estimate of drug-likeness (QED) is 0.617. The van der Waals surface area contributed by atoms with Crippen LogP contribution in [0.3, 0.4) is 0 Å². The highest BCUT2D eigenvalue weighted by Gasteiger charge is 2.35. The molecule has 1 aromatic heterocycles. The summed E-state index contributed by atoms with van der Waals surface area (Å²) >= 11 is 0. The zero-order chi connectivity index (χ0) is 19.9. The van der Waals surface area contributed by atoms with Crippen molar-refractivity contribution >= 4 is 28.5 Å². The third-order valence-electron chi connectivity index (χ3n) is 4.98. The monoisotopic (exact) mass is 368 g/mol. The summed E-state index contributed by atoms with van der Waals surface area (Å²) in [7, 11) is 1.68. The van der Waals surface area contributed by atoms with E-state index in [-0.39, 0.29) is 17.8 Å². The molecule has 27 heavy (non-hydrogen) atoms. The Bertz CT molecular complexity index is 957. The third-order valence-corrected chi connectivity index (χ3v) is 4.98. The van der Waals surface area contributed by atoms with Gasteiger partial charge in [0.05, 0.1) is 17.1 Å². The number of guanidine groups is 1. The second-order valence-electron chi connectivity index (χ2n) is 6.98. The van der Waals surface area contributed by atoms with Crippen molar-refractivity contribution in [3.05, 3.63) is 35.2 Å². The van der Waals surface area contributed by atoms with Gasteiger partial charge in [0.25, 0.3) is 5.91 Å². The first-order valence-corrected chi connectivity index (χ1v) is 8.75. The van der Waals surface area contributed by atoms with Crippen LogP contribution in [0.2, 0.25) is 0 Å². The summed E-state index contributed by atoms with van der Waals surface area (Å²) in [6, 6.07) is 5.09. The van der Waals surface area contributed by atoms with Crippen LogP contribution in [0.4, 0.5) is 5.69 Å². The first-order chi connectivity index (χ1) is 12.8. The fourth-order valence-electron chi connectivity index (χ4n) is 3.34. The zero-order valence-corrected chi connectivity index (χ0v) is 16.1. The summed E-state index contributed by atoms with van der Waals surface area (Å²) in [6.45, 7) is 7.71. The number of nitrogens with zero attached hydrogens (tertiary/aromatic N) is 4. The Morgan fingerprint density at radius 3 is 2.74 bits per heavy atom. The van der Waals surface area contributed by atoms with Gasteiger partial charge in [-0.3, -0.25) is 15.3 Å². The maximum Gasteiger partial charge on any atom is 0.255 e. The number of rotatable bonds is 4. The fourth-order valence-corrected chi connectivity index (χ4v) is 3.34. The molecule has 0 fully saturated rings. The molecular weight excluding hydrogens is 344 g/mol. The van der Waals surface area contributed by atoms with E-state index in [0.29, 0.717) is 17.0 Å². The van der Waals surface area contributed by atoms with Gasteiger partial charge in [0.15, 0.2) is 0 Å². The molecule has 0 aliphatic carbocycles. The van der Waals surface area contributed by atoms with Crippen LogP contribution in [0.5, 0.6) is 0 Å². The second-order valence-corrected chi connectivity index (χ2v) is 6.98. The molecule has 1 amide bonds. The number of nitrogens with one attached hydrogen (secondary N) is 4. The number of fused-ring (bicyclic) bond motifs is 1. The highest BCUT2D eigenvalue weighted by Crippen LogP contribution is 2.28. The number of hydrogen-bond acceptors (Lipinski definition) is 5. The summed E-state index contributed by atoms with van der Waals surface area (Å²) in [4.78, 5) is 14.5. The van der Waals surface area contributed by atoms with Gasteiger partial charge in [0.1, 0.15) is 0 Å². The first-order valence-electron chi connectivity index (χ1n) is 8.75. The molecule has 0 unspecified atom stereocenters.